The predicted octanol–water partition coefficient (Wildman–Crippen LogP) is 3.08. The van der Waals surface area contributed by atoms with Crippen molar-refractivity contribution < 1.29 is 9.59 Å². The Kier molecular flexibility index (Phi) is 5.33. The fourth-order valence-electron chi connectivity index (χ4n) is 3.76. The number of carbonyl (C=O) groups is 2. The largest absolute Gasteiger partial charge is 0.351 e. The Morgan fingerprint density at radius 3 is 2.71 bits per heavy atom. The molecule has 0 spiro atoms. The van der Waals surface area contributed by atoms with Crippen LogP contribution >= 0.6 is 0 Å². The average molecular weight is 373 g/mol. The molecule has 2 amide bonds. The van der Waals surface area contributed by atoms with Crippen molar-refractivity contribution in [3.8, 4) is 0 Å². The molecule has 1 aliphatic rings. The molecule has 1 atom stereocenters. The maximum atomic E-state index is 12.5. The summed E-state index contributed by atoms with van der Waals surface area (Å²) in [6.07, 6.45) is 4.92. The Hall–Kier alpha value is -3.21. The maximum absolute atomic E-state index is 12.5. The summed E-state index contributed by atoms with van der Waals surface area (Å²) in [5.74, 6) is 0.0778. The lowest BCUT2D eigenvalue weighted by Crippen LogP contribution is -2.37. The molecule has 1 aromatic heterocycles. The molecule has 0 radical (unpaired) electrons. The minimum Gasteiger partial charge on any atom is -0.351 e. The Labute approximate surface area is 164 Å². The van der Waals surface area contributed by atoms with Gasteiger partial charge in [0.25, 0.3) is 0 Å². The van der Waals surface area contributed by atoms with E-state index in [1.165, 1.54) is 10.8 Å². The van der Waals surface area contributed by atoms with Gasteiger partial charge in [-0.05, 0) is 40.5 Å². The molecule has 1 aliphatic heterocycles. The Bertz CT molecular complexity index is 982. The summed E-state index contributed by atoms with van der Waals surface area (Å²) in [6, 6.07) is 18.1. The lowest BCUT2D eigenvalue weighted by Gasteiger charge is -2.18. The number of aryl methyl sites for hydroxylation is 1. The number of nitrogens with one attached hydrogen (secondary N) is 1. The van der Waals surface area contributed by atoms with Crippen molar-refractivity contribution in [3.05, 3.63) is 78.1 Å². The number of pyridine rings is 1. The number of carbonyl (C=O) groups excluding carboxylic acids is 2. The van der Waals surface area contributed by atoms with E-state index in [1.54, 1.807) is 12.4 Å². The number of hydrogen-bond donors (Lipinski definition) is 1. The van der Waals surface area contributed by atoms with Crippen LogP contribution in [0.25, 0.3) is 10.8 Å². The highest BCUT2D eigenvalue weighted by Gasteiger charge is 2.30. The zero-order chi connectivity index (χ0) is 19.3. The van der Waals surface area contributed by atoms with Gasteiger partial charge in [-0.1, -0.05) is 42.5 Å². The van der Waals surface area contributed by atoms with Crippen LogP contribution in [0.1, 0.15) is 24.0 Å². The second kappa shape index (κ2) is 8.21. The topological polar surface area (TPSA) is 62.3 Å². The minimum absolute atomic E-state index is 0.0124. The third-order valence-corrected chi connectivity index (χ3v) is 5.21. The third-order valence-electron chi connectivity index (χ3n) is 5.21. The summed E-state index contributed by atoms with van der Waals surface area (Å²) in [6.45, 7) is 1.13. The number of likely N-dealkylation sites (tertiary alicyclic amines) is 1. The summed E-state index contributed by atoms with van der Waals surface area (Å²) in [5.41, 5.74) is 2.22. The van der Waals surface area contributed by atoms with Gasteiger partial charge in [-0.25, -0.2) is 0 Å². The predicted molar refractivity (Wildman–Crippen MR) is 108 cm³/mol. The van der Waals surface area contributed by atoms with E-state index in [0.29, 0.717) is 32.4 Å². The molecule has 3 aromatic rings. The van der Waals surface area contributed by atoms with Crippen molar-refractivity contribution in [2.45, 2.75) is 31.8 Å². The van der Waals surface area contributed by atoms with Crippen LogP contribution < -0.4 is 5.32 Å². The second-order valence-electron chi connectivity index (χ2n) is 7.24. The van der Waals surface area contributed by atoms with Crippen LogP contribution in [-0.2, 0) is 22.6 Å². The molecule has 5 heteroatoms. The molecule has 1 saturated heterocycles. The molecule has 0 saturated carbocycles. The molecule has 2 heterocycles. The first-order chi connectivity index (χ1) is 13.7. The Morgan fingerprint density at radius 2 is 1.86 bits per heavy atom. The van der Waals surface area contributed by atoms with Crippen LogP contribution in [0.5, 0.6) is 0 Å². The van der Waals surface area contributed by atoms with Gasteiger partial charge in [-0.2, -0.15) is 0 Å². The quantitative estimate of drug-likeness (QED) is 0.722. The smallest absolute Gasteiger partial charge is 0.225 e. The van der Waals surface area contributed by atoms with Gasteiger partial charge in [-0.3, -0.25) is 14.6 Å². The number of amides is 2. The van der Waals surface area contributed by atoms with E-state index in [4.69, 9.17) is 0 Å². The molecule has 142 valence electrons. The van der Waals surface area contributed by atoms with Crippen LogP contribution in [0.3, 0.4) is 0 Å². The molecule has 1 fully saturated rings. The van der Waals surface area contributed by atoms with E-state index in [2.05, 4.69) is 34.6 Å². The zero-order valence-electron chi connectivity index (χ0n) is 15.7. The lowest BCUT2D eigenvalue weighted by molar-refractivity contribution is -0.128. The number of hydrogen-bond acceptors (Lipinski definition) is 3. The summed E-state index contributed by atoms with van der Waals surface area (Å²) in [5, 5.41) is 5.36. The van der Waals surface area contributed by atoms with Gasteiger partial charge >= 0.3 is 0 Å². The molecule has 1 N–H and O–H groups in total. The lowest BCUT2D eigenvalue weighted by atomic mass is 10.0. The molecule has 0 unspecified atom stereocenters. The van der Waals surface area contributed by atoms with Crippen LogP contribution in [0.2, 0.25) is 0 Å². The number of benzene rings is 2. The first kappa shape index (κ1) is 18.2. The van der Waals surface area contributed by atoms with Gasteiger partial charge in [0.2, 0.25) is 11.8 Å². The molecule has 0 aliphatic carbocycles. The fourth-order valence-corrected chi connectivity index (χ4v) is 3.76. The van der Waals surface area contributed by atoms with Crippen LogP contribution in [-0.4, -0.2) is 34.3 Å². The number of nitrogens with zero attached hydrogens (tertiary/aromatic N) is 2. The molecule has 2 aromatic carbocycles. The van der Waals surface area contributed by atoms with E-state index in [1.807, 2.05) is 35.2 Å². The van der Waals surface area contributed by atoms with Crippen molar-refractivity contribution in [1.29, 1.82) is 0 Å². The highest BCUT2D eigenvalue weighted by atomic mass is 16.2. The summed E-state index contributed by atoms with van der Waals surface area (Å²) >= 11 is 0. The van der Waals surface area contributed by atoms with E-state index < -0.39 is 0 Å². The van der Waals surface area contributed by atoms with Crippen molar-refractivity contribution in [1.82, 2.24) is 15.2 Å². The van der Waals surface area contributed by atoms with Gasteiger partial charge in [0.05, 0.1) is 6.04 Å². The number of rotatable bonds is 6. The number of fused-ring (bicyclic) bond motifs is 1. The zero-order valence-corrected chi connectivity index (χ0v) is 15.7. The van der Waals surface area contributed by atoms with E-state index >= 15 is 0 Å². The summed E-state index contributed by atoms with van der Waals surface area (Å²) in [7, 11) is 0. The van der Waals surface area contributed by atoms with Gasteiger partial charge < -0.3 is 10.2 Å². The van der Waals surface area contributed by atoms with E-state index in [-0.39, 0.29) is 17.9 Å². The van der Waals surface area contributed by atoms with Gasteiger partial charge in [0, 0.05) is 38.3 Å². The highest BCUT2D eigenvalue weighted by molar-refractivity contribution is 5.87. The highest BCUT2D eigenvalue weighted by Crippen LogP contribution is 2.22. The van der Waals surface area contributed by atoms with Gasteiger partial charge in [-0.15, -0.1) is 0 Å². The van der Waals surface area contributed by atoms with E-state index in [9.17, 15) is 9.59 Å². The molecule has 5 nitrogen and oxygen atoms in total. The van der Waals surface area contributed by atoms with Crippen molar-refractivity contribution >= 4 is 22.6 Å². The fraction of sp³-hybridized carbons (Fsp3) is 0.261. The van der Waals surface area contributed by atoms with Crippen LogP contribution in [0, 0.1) is 0 Å². The standard InChI is InChI=1S/C23H23N3O2/c27-22(9-8-17-10-12-24-13-11-17)25-20-14-23(28)26(16-20)15-19-6-3-5-18-4-1-2-7-21(18)19/h1-7,10-13,20H,8-9,14-16H2,(H,25,27)/t20-/m1/s1. The first-order valence-corrected chi connectivity index (χ1v) is 9.62. The van der Waals surface area contributed by atoms with Crippen LogP contribution in [0.15, 0.2) is 67.0 Å². The van der Waals surface area contributed by atoms with E-state index in [0.717, 1.165) is 11.1 Å². The second-order valence-corrected chi connectivity index (χ2v) is 7.24. The third kappa shape index (κ3) is 4.19. The number of aromatic nitrogens is 1. The van der Waals surface area contributed by atoms with Crippen molar-refractivity contribution in [3.63, 3.8) is 0 Å². The van der Waals surface area contributed by atoms with Crippen LogP contribution in [0.4, 0.5) is 0 Å². The Balaban J connectivity index is 1.34. The minimum atomic E-state index is -0.118. The van der Waals surface area contributed by atoms with Crippen molar-refractivity contribution in [2.24, 2.45) is 0 Å². The first-order valence-electron chi connectivity index (χ1n) is 9.62. The van der Waals surface area contributed by atoms with Gasteiger partial charge in [0.1, 0.15) is 0 Å². The van der Waals surface area contributed by atoms with Gasteiger partial charge in [0.15, 0.2) is 0 Å². The molecule has 28 heavy (non-hydrogen) atoms. The molecular weight excluding hydrogens is 350 g/mol. The Morgan fingerprint density at radius 1 is 1.07 bits per heavy atom. The summed E-state index contributed by atoms with van der Waals surface area (Å²) < 4.78 is 0. The maximum Gasteiger partial charge on any atom is 0.225 e. The average Bonchev–Trinajstić information content (AvgIpc) is 3.06. The monoisotopic (exact) mass is 373 g/mol. The molecule has 0 bridgehead atoms. The summed E-state index contributed by atoms with van der Waals surface area (Å²) in [4.78, 5) is 30.5. The molecular formula is C23H23N3O2. The normalized spacial score (nSPS) is 16.5. The molecule has 4 rings (SSSR count). The van der Waals surface area contributed by atoms with Crippen molar-refractivity contribution in [2.75, 3.05) is 6.54 Å². The SMILES string of the molecule is O=C(CCc1ccncc1)N[C@@H]1CC(=O)N(Cc2cccc3ccccc23)C1.